The summed E-state index contributed by atoms with van der Waals surface area (Å²) in [6, 6.07) is 9.38. The van der Waals surface area contributed by atoms with E-state index < -0.39 is 22.5 Å². The molecule has 0 aliphatic rings. The van der Waals surface area contributed by atoms with Gasteiger partial charge in [-0.1, -0.05) is 40.9 Å². The lowest BCUT2D eigenvalue weighted by Gasteiger charge is -2.25. The molecule has 2 aromatic carbocycles. The van der Waals surface area contributed by atoms with E-state index in [4.69, 9.17) is 23.2 Å². The van der Waals surface area contributed by atoms with E-state index >= 15 is 0 Å². The third kappa shape index (κ3) is 4.26. The smallest absolute Gasteiger partial charge is 0.326 e. The van der Waals surface area contributed by atoms with Gasteiger partial charge in [-0.2, -0.15) is 0 Å². The molecular formula is C17H17Cl2NO4S. The van der Waals surface area contributed by atoms with Gasteiger partial charge >= 0.3 is 5.97 Å². The maximum atomic E-state index is 13.2. The van der Waals surface area contributed by atoms with E-state index in [9.17, 15) is 13.2 Å². The quantitative estimate of drug-likeness (QED) is 0.710. The van der Waals surface area contributed by atoms with Crippen molar-refractivity contribution in [2.75, 3.05) is 18.0 Å². The second-order valence-electron chi connectivity index (χ2n) is 5.45. The van der Waals surface area contributed by atoms with E-state index in [2.05, 4.69) is 4.74 Å². The molecule has 0 unspecified atom stereocenters. The number of halogens is 2. The number of carbonyl (C=O) groups excluding carboxylic acids is 1. The third-order valence-electron chi connectivity index (χ3n) is 3.58. The highest BCUT2D eigenvalue weighted by Crippen LogP contribution is 2.32. The van der Waals surface area contributed by atoms with Crippen molar-refractivity contribution in [3.63, 3.8) is 0 Å². The van der Waals surface area contributed by atoms with Gasteiger partial charge in [0.05, 0.1) is 17.8 Å². The first-order chi connectivity index (χ1) is 11.7. The summed E-state index contributed by atoms with van der Waals surface area (Å²) in [4.78, 5) is 11.6. The Balaban J connectivity index is 2.65. The number of methoxy groups -OCH3 is 1. The van der Waals surface area contributed by atoms with Crippen LogP contribution in [0.15, 0.2) is 41.3 Å². The van der Waals surface area contributed by atoms with Crippen molar-refractivity contribution in [3.8, 4) is 0 Å². The van der Waals surface area contributed by atoms with Crippen molar-refractivity contribution in [1.82, 2.24) is 0 Å². The minimum Gasteiger partial charge on any atom is -0.468 e. The zero-order valence-electron chi connectivity index (χ0n) is 13.9. The molecule has 0 spiro atoms. The maximum Gasteiger partial charge on any atom is 0.326 e. The lowest BCUT2D eigenvalue weighted by atomic mass is 10.1. The Kier molecular flexibility index (Phi) is 5.98. The van der Waals surface area contributed by atoms with Crippen LogP contribution >= 0.6 is 23.2 Å². The molecule has 2 aromatic rings. The molecule has 5 nitrogen and oxygen atoms in total. The average molecular weight is 402 g/mol. The predicted octanol–water partition coefficient (Wildman–Crippen LogP) is 3.98. The second kappa shape index (κ2) is 7.64. The molecule has 0 bridgehead atoms. The fourth-order valence-electron chi connectivity index (χ4n) is 2.36. The number of hydrogen-bond acceptors (Lipinski definition) is 4. The van der Waals surface area contributed by atoms with E-state index in [0.717, 1.165) is 9.87 Å². The van der Waals surface area contributed by atoms with Crippen LogP contribution in [-0.2, 0) is 19.6 Å². The summed E-state index contributed by atoms with van der Waals surface area (Å²) in [5, 5.41) is 0.241. The van der Waals surface area contributed by atoms with Gasteiger partial charge in [0.15, 0.2) is 0 Å². The number of hydrogen-bond donors (Lipinski definition) is 0. The van der Waals surface area contributed by atoms with Crippen molar-refractivity contribution >= 4 is 44.9 Å². The van der Waals surface area contributed by atoms with Crippen molar-refractivity contribution < 1.29 is 17.9 Å². The molecule has 2 rings (SSSR count). The van der Waals surface area contributed by atoms with Gasteiger partial charge in [0.25, 0.3) is 10.0 Å². The molecule has 0 fully saturated rings. The summed E-state index contributed by atoms with van der Waals surface area (Å²) in [5.74, 6) is -0.693. The number of benzene rings is 2. The summed E-state index contributed by atoms with van der Waals surface area (Å²) in [6.07, 6.45) is 0. The van der Waals surface area contributed by atoms with Crippen LogP contribution in [0.3, 0.4) is 0 Å². The summed E-state index contributed by atoms with van der Waals surface area (Å²) in [6.45, 7) is 3.18. The lowest BCUT2D eigenvalue weighted by Crippen LogP contribution is -2.37. The van der Waals surface area contributed by atoms with Crippen LogP contribution in [0.2, 0.25) is 10.0 Å². The molecular weight excluding hydrogens is 385 g/mol. The largest absolute Gasteiger partial charge is 0.468 e. The standard InChI is InChI=1S/C17H17Cl2NO4S/c1-11-4-7-15(12(2)8-11)20(10-17(21)24-3)25(22,23)16-9-13(18)5-6-14(16)19/h4-9H,10H2,1-3H3. The Bertz CT molecular complexity index is 913. The number of ether oxygens (including phenoxy) is 1. The number of nitrogens with zero attached hydrogens (tertiary/aromatic N) is 1. The maximum absolute atomic E-state index is 13.2. The molecule has 0 radical (unpaired) electrons. The molecule has 0 N–H and O–H groups in total. The van der Waals surface area contributed by atoms with Crippen LogP contribution in [0.1, 0.15) is 11.1 Å². The molecule has 134 valence electrons. The summed E-state index contributed by atoms with van der Waals surface area (Å²) >= 11 is 12.0. The first-order valence-corrected chi connectivity index (χ1v) is 9.48. The van der Waals surface area contributed by atoms with Crippen molar-refractivity contribution in [1.29, 1.82) is 0 Å². The Labute approximate surface area is 157 Å². The molecule has 0 heterocycles. The Morgan fingerprint density at radius 1 is 1.12 bits per heavy atom. The van der Waals surface area contributed by atoms with Crippen LogP contribution in [0, 0.1) is 13.8 Å². The number of aryl methyl sites for hydroxylation is 2. The van der Waals surface area contributed by atoms with E-state index in [1.54, 1.807) is 19.1 Å². The van der Waals surface area contributed by atoms with Crippen molar-refractivity contribution in [2.24, 2.45) is 0 Å². The van der Waals surface area contributed by atoms with E-state index in [1.165, 1.54) is 25.3 Å². The highest BCUT2D eigenvalue weighted by atomic mass is 35.5. The number of carbonyl (C=O) groups is 1. The molecule has 0 aliphatic heterocycles. The van der Waals surface area contributed by atoms with Crippen LogP contribution in [-0.4, -0.2) is 28.0 Å². The first-order valence-electron chi connectivity index (χ1n) is 7.28. The average Bonchev–Trinajstić information content (AvgIpc) is 2.55. The Morgan fingerprint density at radius 3 is 2.40 bits per heavy atom. The van der Waals surface area contributed by atoms with Gasteiger partial charge in [0.2, 0.25) is 0 Å². The molecule has 0 amide bonds. The van der Waals surface area contributed by atoms with Gasteiger partial charge < -0.3 is 4.74 Å². The monoisotopic (exact) mass is 401 g/mol. The SMILES string of the molecule is COC(=O)CN(c1ccc(C)cc1C)S(=O)(=O)c1cc(Cl)ccc1Cl. The zero-order chi connectivity index (χ0) is 18.8. The van der Waals surface area contributed by atoms with Crippen LogP contribution < -0.4 is 4.31 Å². The highest BCUT2D eigenvalue weighted by Gasteiger charge is 2.30. The first kappa shape index (κ1) is 19.6. The molecule has 0 saturated carbocycles. The Morgan fingerprint density at radius 2 is 1.80 bits per heavy atom. The molecule has 0 atom stereocenters. The fraction of sp³-hybridized carbons (Fsp3) is 0.235. The van der Waals surface area contributed by atoms with Gasteiger partial charge in [-0.3, -0.25) is 9.10 Å². The van der Waals surface area contributed by atoms with E-state index in [-0.39, 0.29) is 14.9 Å². The summed E-state index contributed by atoms with van der Waals surface area (Å²) in [5.41, 5.74) is 2.04. The summed E-state index contributed by atoms with van der Waals surface area (Å²) in [7, 11) is -2.94. The molecule has 25 heavy (non-hydrogen) atoms. The van der Waals surface area contributed by atoms with E-state index in [1.807, 2.05) is 13.0 Å². The van der Waals surface area contributed by atoms with Crippen molar-refractivity contribution in [3.05, 3.63) is 57.6 Å². The van der Waals surface area contributed by atoms with Crippen LogP contribution in [0.5, 0.6) is 0 Å². The van der Waals surface area contributed by atoms with Gasteiger partial charge in [-0.25, -0.2) is 8.42 Å². The van der Waals surface area contributed by atoms with Gasteiger partial charge in [-0.05, 0) is 43.7 Å². The summed E-state index contributed by atoms with van der Waals surface area (Å²) < 4.78 is 32.0. The van der Waals surface area contributed by atoms with Crippen molar-refractivity contribution in [2.45, 2.75) is 18.7 Å². The molecule has 0 saturated heterocycles. The minimum absolute atomic E-state index is 0.0176. The number of sulfonamides is 1. The van der Waals surface area contributed by atoms with Gasteiger partial charge in [-0.15, -0.1) is 0 Å². The molecule has 0 aliphatic carbocycles. The van der Waals surface area contributed by atoms with Gasteiger partial charge in [0, 0.05) is 5.02 Å². The van der Waals surface area contributed by atoms with Crippen LogP contribution in [0.4, 0.5) is 5.69 Å². The second-order valence-corrected chi connectivity index (χ2v) is 8.13. The minimum atomic E-state index is -4.13. The predicted molar refractivity (Wildman–Crippen MR) is 98.9 cm³/mol. The third-order valence-corrected chi connectivity index (χ3v) is 6.06. The number of anilines is 1. The van der Waals surface area contributed by atoms with E-state index in [0.29, 0.717) is 11.3 Å². The zero-order valence-corrected chi connectivity index (χ0v) is 16.2. The Hall–Kier alpha value is -1.76. The highest BCUT2D eigenvalue weighted by molar-refractivity contribution is 7.93. The fourth-order valence-corrected chi connectivity index (χ4v) is 4.57. The topological polar surface area (TPSA) is 63.7 Å². The normalized spacial score (nSPS) is 11.2. The number of rotatable bonds is 5. The van der Waals surface area contributed by atoms with Crippen LogP contribution in [0.25, 0.3) is 0 Å². The van der Waals surface area contributed by atoms with Gasteiger partial charge in [0.1, 0.15) is 11.4 Å². The molecule has 0 aromatic heterocycles. The lowest BCUT2D eigenvalue weighted by molar-refractivity contribution is -0.138. The number of esters is 1. The molecule has 8 heteroatoms.